The van der Waals surface area contributed by atoms with Gasteiger partial charge in [0, 0.05) is 6.54 Å². The van der Waals surface area contributed by atoms with Gasteiger partial charge in [0.05, 0.1) is 25.0 Å². The molecule has 0 radical (unpaired) electrons. The number of methoxy groups -OCH3 is 1. The van der Waals surface area contributed by atoms with Crippen molar-refractivity contribution in [2.24, 2.45) is 11.3 Å². The summed E-state index contributed by atoms with van der Waals surface area (Å²) in [6.45, 7) is 4.56. The molecule has 2 heterocycles. The summed E-state index contributed by atoms with van der Waals surface area (Å²) in [7, 11) is 1.31. The standard InChI is InChI=1S/C28H32N4O3/c1-18(2)24(31-27(34)35-3)26(33)32-17-28(13-14-28)15-23(32)25-29-16-22(30-25)21-11-9-20(10-12-21)19-7-5-4-6-8-19/h4-12,16,18,23-24H,13-15,17H2,1-3H3,(H,29,30)(H,31,34). The summed E-state index contributed by atoms with van der Waals surface area (Å²) >= 11 is 0. The molecule has 2 atom stereocenters. The highest BCUT2D eigenvalue weighted by atomic mass is 16.5. The number of hydrogen-bond acceptors (Lipinski definition) is 4. The smallest absolute Gasteiger partial charge is 0.407 e. The quantitative estimate of drug-likeness (QED) is 0.518. The third-order valence-electron chi connectivity index (χ3n) is 7.35. The van der Waals surface area contributed by atoms with Gasteiger partial charge in [0.2, 0.25) is 5.91 Å². The molecule has 2 N–H and O–H groups in total. The SMILES string of the molecule is COC(=O)NC(C(=O)N1CC2(CC2)CC1c1ncc(-c2ccc(-c3ccccc3)cc2)[nH]1)C(C)C. The van der Waals surface area contributed by atoms with Crippen molar-refractivity contribution in [2.75, 3.05) is 13.7 Å². The average molecular weight is 473 g/mol. The van der Waals surface area contributed by atoms with Gasteiger partial charge < -0.3 is 19.9 Å². The van der Waals surface area contributed by atoms with E-state index in [1.54, 1.807) is 0 Å². The highest BCUT2D eigenvalue weighted by molar-refractivity contribution is 5.86. The van der Waals surface area contributed by atoms with E-state index in [0.717, 1.165) is 41.9 Å². The number of aromatic amines is 1. The zero-order chi connectivity index (χ0) is 24.6. The second-order valence-corrected chi connectivity index (χ2v) is 10.2. The largest absolute Gasteiger partial charge is 0.453 e. The van der Waals surface area contributed by atoms with Crippen LogP contribution in [0.25, 0.3) is 22.4 Å². The first kappa shape index (κ1) is 23.1. The summed E-state index contributed by atoms with van der Waals surface area (Å²) in [6.07, 6.45) is 4.40. The Bertz CT molecular complexity index is 1200. The van der Waals surface area contributed by atoms with Gasteiger partial charge >= 0.3 is 6.09 Å². The fraction of sp³-hybridized carbons (Fsp3) is 0.393. The number of imidazole rings is 1. The van der Waals surface area contributed by atoms with Crippen LogP contribution in [0.3, 0.4) is 0 Å². The number of hydrogen-bond donors (Lipinski definition) is 2. The molecule has 5 rings (SSSR count). The maximum absolute atomic E-state index is 13.6. The van der Waals surface area contributed by atoms with Crippen molar-refractivity contribution < 1.29 is 14.3 Å². The molecule has 1 aromatic heterocycles. The van der Waals surface area contributed by atoms with Crippen LogP contribution in [0.4, 0.5) is 4.79 Å². The van der Waals surface area contributed by atoms with Crippen LogP contribution in [0.1, 0.15) is 45.0 Å². The summed E-state index contributed by atoms with van der Waals surface area (Å²) in [6, 6.07) is 17.9. The number of likely N-dealkylation sites (tertiary alicyclic amines) is 1. The van der Waals surface area contributed by atoms with Gasteiger partial charge in [-0.1, -0.05) is 68.4 Å². The molecule has 0 bridgehead atoms. The van der Waals surface area contributed by atoms with E-state index >= 15 is 0 Å². The second-order valence-electron chi connectivity index (χ2n) is 10.2. The van der Waals surface area contributed by atoms with E-state index in [4.69, 9.17) is 9.72 Å². The van der Waals surface area contributed by atoms with E-state index in [-0.39, 0.29) is 23.3 Å². The number of alkyl carbamates (subject to hydrolysis) is 1. The molecule has 7 nitrogen and oxygen atoms in total. The van der Waals surface area contributed by atoms with Crippen LogP contribution in [0.2, 0.25) is 0 Å². The lowest BCUT2D eigenvalue weighted by Gasteiger charge is -2.30. The first-order chi connectivity index (χ1) is 16.9. The van der Waals surface area contributed by atoms with Crippen molar-refractivity contribution in [2.45, 2.75) is 45.2 Å². The predicted molar refractivity (Wildman–Crippen MR) is 134 cm³/mol. The van der Waals surface area contributed by atoms with Crippen LogP contribution >= 0.6 is 0 Å². The van der Waals surface area contributed by atoms with E-state index in [1.165, 1.54) is 12.7 Å². The monoisotopic (exact) mass is 472 g/mol. The Kier molecular flexibility index (Phi) is 6.09. The van der Waals surface area contributed by atoms with Crippen molar-refractivity contribution in [3.8, 4) is 22.4 Å². The molecule has 1 spiro atoms. The Morgan fingerprint density at radius 3 is 2.34 bits per heavy atom. The predicted octanol–water partition coefficient (Wildman–Crippen LogP) is 5.18. The summed E-state index contributed by atoms with van der Waals surface area (Å²) in [5, 5.41) is 2.73. The van der Waals surface area contributed by atoms with E-state index in [2.05, 4.69) is 46.7 Å². The number of nitrogens with zero attached hydrogens (tertiary/aromatic N) is 2. The van der Waals surface area contributed by atoms with Crippen molar-refractivity contribution >= 4 is 12.0 Å². The van der Waals surface area contributed by atoms with Crippen molar-refractivity contribution in [1.29, 1.82) is 0 Å². The maximum Gasteiger partial charge on any atom is 0.407 e. The average Bonchev–Trinajstić information content (AvgIpc) is 3.28. The van der Waals surface area contributed by atoms with Crippen LogP contribution in [0.5, 0.6) is 0 Å². The number of carbonyl (C=O) groups excluding carboxylic acids is 2. The van der Waals surface area contributed by atoms with Gasteiger partial charge in [0.15, 0.2) is 0 Å². The van der Waals surface area contributed by atoms with Crippen LogP contribution < -0.4 is 5.32 Å². The molecule has 3 aromatic rings. The molecule has 2 fully saturated rings. The number of amides is 2. The molecule has 2 aliphatic rings. The first-order valence-corrected chi connectivity index (χ1v) is 12.2. The van der Waals surface area contributed by atoms with Crippen LogP contribution in [0.15, 0.2) is 60.8 Å². The number of H-pyrrole nitrogens is 1. The lowest BCUT2D eigenvalue weighted by molar-refractivity contribution is -0.135. The molecule has 2 amide bonds. The third kappa shape index (κ3) is 4.67. The van der Waals surface area contributed by atoms with Gasteiger partial charge in [0.25, 0.3) is 0 Å². The summed E-state index contributed by atoms with van der Waals surface area (Å²) in [4.78, 5) is 35.6. The minimum absolute atomic E-state index is 0.0618. The zero-order valence-corrected chi connectivity index (χ0v) is 20.5. The lowest BCUT2D eigenvalue weighted by Crippen LogP contribution is -2.51. The lowest BCUT2D eigenvalue weighted by atomic mass is 10.0. The number of rotatable bonds is 6. The molecule has 1 aliphatic heterocycles. The van der Waals surface area contributed by atoms with Gasteiger partial charge in [-0.25, -0.2) is 9.78 Å². The molecule has 7 heteroatoms. The highest BCUT2D eigenvalue weighted by Gasteiger charge is 2.55. The molecule has 1 saturated heterocycles. The van der Waals surface area contributed by atoms with E-state index < -0.39 is 12.1 Å². The molecular formula is C28H32N4O3. The number of nitrogens with one attached hydrogen (secondary N) is 2. The van der Waals surface area contributed by atoms with Crippen LogP contribution in [0, 0.1) is 11.3 Å². The Morgan fingerprint density at radius 2 is 1.71 bits per heavy atom. The Labute approximate surface area is 205 Å². The van der Waals surface area contributed by atoms with E-state index in [9.17, 15) is 9.59 Å². The van der Waals surface area contributed by atoms with Crippen molar-refractivity contribution in [1.82, 2.24) is 20.2 Å². The fourth-order valence-electron chi connectivity index (χ4n) is 5.07. The number of benzene rings is 2. The molecule has 2 unspecified atom stereocenters. The second kappa shape index (κ2) is 9.21. The van der Waals surface area contributed by atoms with Gasteiger partial charge in [-0.2, -0.15) is 0 Å². The Balaban J connectivity index is 1.38. The molecule has 182 valence electrons. The molecule has 1 saturated carbocycles. The number of ether oxygens (including phenoxy) is 1. The van der Waals surface area contributed by atoms with Crippen molar-refractivity contribution in [3.05, 3.63) is 66.6 Å². The third-order valence-corrected chi connectivity index (χ3v) is 7.35. The minimum Gasteiger partial charge on any atom is -0.453 e. The highest BCUT2D eigenvalue weighted by Crippen LogP contribution is 2.58. The summed E-state index contributed by atoms with van der Waals surface area (Å²) in [5.74, 6) is 0.655. The van der Waals surface area contributed by atoms with Gasteiger partial charge in [0.1, 0.15) is 11.9 Å². The van der Waals surface area contributed by atoms with Crippen LogP contribution in [-0.4, -0.2) is 46.6 Å². The Morgan fingerprint density at radius 1 is 1.06 bits per heavy atom. The van der Waals surface area contributed by atoms with Gasteiger partial charge in [-0.3, -0.25) is 4.79 Å². The number of aromatic nitrogens is 2. The molecule has 2 aromatic carbocycles. The topological polar surface area (TPSA) is 87.3 Å². The van der Waals surface area contributed by atoms with Gasteiger partial charge in [-0.15, -0.1) is 0 Å². The molecular weight excluding hydrogens is 440 g/mol. The maximum atomic E-state index is 13.6. The van der Waals surface area contributed by atoms with Crippen LogP contribution in [-0.2, 0) is 9.53 Å². The zero-order valence-electron chi connectivity index (χ0n) is 20.5. The summed E-state index contributed by atoms with van der Waals surface area (Å²) in [5.41, 5.74) is 4.50. The van der Waals surface area contributed by atoms with Gasteiger partial charge in [-0.05, 0) is 47.3 Å². The Hall–Kier alpha value is -3.61. The summed E-state index contributed by atoms with van der Waals surface area (Å²) < 4.78 is 4.76. The molecule has 1 aliphatic carbocycles. The molecule has 35 heavy (non-hydrogen) atoms. The minimum atomic E-state index is -0.640. The normalized spacial score (nSPS) is 19.1. The number of carbonyl (C=O) groups is 2. The van der Waals surface area contributed by atoms with Crippen molar-refractivity contribution in [3.63, 3.8) is 0 Å². The first-order valence-electron chi connectivity index (χ1n) is 12.2. The van der Waals surface area contributed by atoms with E-state index in [1.807, 2.05) is 43.1 Å². The fourth-order valence-corrected chi connectivity index (χ4v) is 5.07. The van der Waals surface area contributed by atoms with E-state index in [0.29, 0.717) is 6.54 Å².